The summed E-state index contributed by atoms with van der Waals surface area (Å²) in [5, 5.41) is 6.22. The minimum Gasteiger partial charge on any atom is -0.494 e. The lowest BCUT2D eigenvalue weighted by atomic mass is 10.0. The molecule has 1 N–H and O–H groups in total. The summed E-state index contributed by atoms with van der Waals surface area (Å²) in [5.74, 6) is 0.814. The predicted octanol–water partition coefficient (Wildman–Crippen LogP) is 4.01. The number of hydrogen-bond acceptors (Lipinski definition) is 6. The van der Waals surface area contributed by atoms with Crippen molar-refractivity contribution in [1.29, 1.82) is 0 Å². The Balaban J connectivity index is 1.14. The van der Waals surface area contributed by atoms with E-state index in [1.165, 1.54) is 0 Å². The fourth-order valence-corrected chi connectivity index (χ4v) is 5.26. The first-order chi connectivity index (χ1) is 15.7. The van der Waals surface area contributed by atoms with E-state index in [1.807, 2.05) is 54.6 Å². The first kappa shape index (κ1) is 20.7. The number of ether oxygens (including phenoxy) is 1. The highest BCUT2D eigenvalue weighted by Crippen LogP contribution is 2.34. The number of nitrogens with one attached hydrogen (secondary N) is 1. The molecule has 2 heterocycles. The third kappa shape index (κ3) is 4.13. The van der Waals surface area contributed by atoms with Gasteiger partial charge in [-0.3, -0.25) is 9.69 Å². The van der Waals surface area contributed by atoms with E-state index < -0.39 is 0 Å². The molecule has 1 amide bonds. The normalized spacial score (nSPS) is 14.7. The van der Waals surface area contributed by atoms with Gasteiger partial charge in [0.05, 0.1) is 11.8 Å². The number of piperazine rings is 1. The molecule has 1 aliphatic rings. The van der Waals surface area contributed by atoms with Gasteiger partial charge in [-0.25, -0.2) is 4.98 Å². The second-order valence-electron chi connectivity index (χ2n) is 7.91. The number of carbonyl (C=O) groups excluding carboxylic acids is 1. The Hall–Kier alpha value is -3.16. The smallest absolute Gasteiger partial charge is 0.251 e. The van der Waals surface area contributed by atoms with E-state index in [2.05, 4.69) is 21.2 Å². The highest BCUT2D eigenvalue weighted by atomic mass is 32.1. The Labute approximate surface area is 191 Å². The maximum atomic E-state index is 12.7. The van der Waals surface area contributed by atoms with Crippen LogP contribution in [0.2, 0.25) is 0 Å². The monoisotopic (exact) mass is 446 g/mol. The topological polar surface area (TPSA) is 57.7 Å². The van der Waals surface area contributed by atoms with Gasteiger partial charge in [0.1, 0.15) is 11.3 Å². The fraction of sp³-hybridized carbons (Fsp3) is 0.280. The molecule has 4 aromatic rings. The summed E-state index contributed by atoms with van der Waals surface area (Å²) in [6, 6.07) is 19.9. The summed E-state index contributed by atoms with van der Waals surface area (Å²) in [5.41, 5.74) is 1.67. The zero-order chi connectivity index (χ0) is 21.9. The number of rotatable bonds is 6. The Bertz CT molecular complexity index is 1240. The van der Waals surface area contributed by atoms with Crippen LogP contribution in [0.25, 0.3) is 21.0 Å². The molecule has 0 radical (unpaired) electrons. The van der Waals surface area contributed by atoms with Crippen LogP contribution in [-0.2, 0) is 0 Å². The molecule has 1 saturated heterocycles. The lowest BCUT2D eigenvalue weighted by Gasteiger charge is -2.34. The molecule has 0 atom stereocenters. The molecule has 7 heteroatoms. The van der Waals surface area contributed by atoms with Gasteiger partial charge < -0.3 is 15.0 Å². The van der Waals surface area contributed by atoms with Crippen LogP contribution in [0.3, 0.4) is 0 Å². The zero-order valence-corrected chi connectivity index (χ0v) is 18.9. The molecule has 5 rings (SSSR count). The van der Waals surface area contributed by atoms with Gasteiger partial charge in [-0.2, -0.15) is 0 Å². The molecule has 0 unspecified atom stereocenters. The summed E-state index contributed by atoms with van der Waals surface area (Å²) in [7, 11) is 1.69. The van der Waals surface area contributed by atoms with E-state index in [9.17, 15) is 4.79 Å². The number of hydrogen-bond donors (Lipinski definition) is 1. The van der Waals surface area contributed by atoms with Crippen molar-refractivity contribution in [2.75, 3.05) is 51.3 Å². The molecule has 32 heavy (non-hydrogen) atoms. The molecule has 0 aliphatic carbocycles. The van der Waals surface area contributed by atoms with Crippen molar-refractivity contribution in [3.8, 4) is 5.75 Å². The molecule has 0 bridgehead atoms. The van der Waals surface area contributed by atoms with E-state index in [0.717, 1.165) is 70.2 Å². The van der Waals surface area contributed by atoms with Gasteiger partial charge in [0, 0.05) is 44.8 Å². The van der Waals surface area contributed by atoms with Crippen LogP contribution < -0.4 is 15.0 Å². The first-order valence-electron chi connectivity index (χ1n) is 10.9. The second-order valence-corrected chi connectivity index (χ2v) is 8.92. The number of carbonyl (C=O) groups is 1. The largest absolute Gasteiger partial charge is 0.494 e. The molecule has 0 spiro atoms. The van der Waals surface area contributed by atoms with Crippen molar-refractivity contribution in [1.82, 2.24) is 15.2 Å². The molecule has 1 fully saturated rings. The molecule has 6 nitrogen and oxygen atoms in total. The molecule has 3 aromatic carbocycles. The van der Waals surface area contributed by atoms with Crippen LogP contribution in [0.4, 0.5) is 5.13 Å². The highest BCUT2D eigenvalue weighted by Gasteiger charge is 2.20. The maximum Gasteiger partial charge on any atom is 0.251 e. The van der Waals surface area contributed by atoms with Crippen LogP contribution in [0.5, 0.6) is 5.75 Å². The molecule has 1 aliphatic heterocycles. The maximum absolute atomic E-state index is 12.7. The standard InChI is InChI=1S/C25H26N4O2S/c1-31-21-10-5-11-22-23(21)27-25(32-22)29-16-14-28(15-17-29)13-12-26-24(30)20-9-4-7-18-6-2-3-8-19(18)20/h2-11H,12-17H2,1H3,(H,26,30). The number of benzene rings is 3. The van der Waals surface area contributed by atoms with Gasteiger partial charge in [-0.05, 0) is 29.0 Å². The van der Waals surface area contributed by atoms with Crippen molar-refractivity contribution in [2.24, 2.45) is 0 Å². The number of nitrogens with zero attached hydrogens (tertiary/aromatic N) is 3. The lowest BCUT2D eigenvalue weighted by molar-refractivity contribution is 0.0949. The lowest BCUT2D eigenvalue weighted by Crippen LogP contribution is -2.48. The number of anilines is 1. The Morgan fingerprint density at radius 3 is 2.66 bits per heavy atom. The van der Waals surface area contributed by atoms with Gasteiger partial charge in [-0.15, -0.1) is 0 Å². The molecular weight excluding hydrogens is 420 g/mol. The average Bonchev–Trinajstić information content (AvgIpc) is 3.28. The second kappa shape index (κ2) is 9.14. The van der Waals surface area contributed by atoms with Crippen LogP contribution in [0.1, 0.15) is 10.4 Å². The van der Waals surface area contributed by atoms with Gasteiger partial charge in [0.15, 0.2) is 5.13 Å². The molecule has 0 saturated carbocycles. The van der Waals surface area contributed by atoms with Crippen molar-refractivity contribution in [3.63, 3.8) is 0 Å². The highest BCUT2D eigenvalue weighted by molar-refractivity contribution is 7.22. The minimum absolute atomic E-state index is 0.0103. The van der Waals surface area contributed by atoms with Crippen LogP contribution in [0, 0.1) is 0 Å². The Kier molecular flexibility index (Phi) is 5.92. The van der Waals surface area contributed by atoms with Gasteiger partial charge >= 0.3 is 0 Å². The van der Waals surface area contributed by atoms with Crippen molar-refractivity contribution in [3.05, 3.63) is 66.2 Å². The number of fused-ring (bicyclic) bond motifs is 2. The number of amides is 1. The van der Waals surface area contributed by atoms with Gasteiger partial charge in [0.25, 0.3) is 5.91 Å². The van der Waals surface area contributed by atoms with E-state index >= 15 is 0 Å². The van der Waals surface area contributed by atoms with Gasteiger partial charge in [-0.1, -0.05) is 53.8 Å². The molecule has 164 valence electrons. The summed E-state index contributed by atoms with van der Waals surface area (Å²) < 4.78 is 6.60. The van der Waals surface area contributed by atoms with Crippen LogP contribution >= 0.6 is 11.3 Å². The Morgan fingerprint density at radius 2 is 1.81 bits per heavy atom. The van der Waals surface area contributed by atoms with E-state index in [0.29, 0.717) is 6.54 Å². The quantitative estimate of drug-likeness (QED) is 0.485. The fourth-order valence-electron chi connectivity index (χ4n) is 4.22. The summed E-state index contributed by atoms with van der Waals surface area (Å²) in [4.78, 5) is 22.3. The first-order valence-corrected chi connectivity index (χ1v) is 11.7. The van der Waals surface area contributed by atoms with Crippen molar-refractivity contribution in [2.45, 2.75) is 0 Å². The average molecular weight is 447 g/mol. The number of thiazole rings is 1. The minimum atomic E-state index is -0.0103. The summed E-state index contributed by atoms with van der Waals surface area (Å²) in [6.07, 6.45) is 0. The summed E-state index contributed by atoms with van der Waals surface area (Å²) >= 11 is 1.71. The zero-order valence-electron chi connectivity index (χ0n) is 18.1. The molecular formula is C25H26N4O2S. The SMILES string of the molecule is COc1cccc2sc(N3CCN(CCNC(=O)c4cccc5ccccc45)CC3)nc12. The number of methoxy groups -OCH3 is 1. The number of aromatic nitrogens is 1. The van der Waals surface area contributed by atoms with Crippen LogP contribution in [0.15, 0.2) is 60.7 Å². The van der Waals surface area contributed by atoms with E-state index in [-0.39, 0.29) is 5.91 Å². The van der Waals surface area contributed by atoms with Crippen LogP contribution in [-0.4, -0.2) is 62.2 Å². The predicted molar refractivity (Wildman–Crippen MR) is 131 cm³/mol. The molecule has 1 aromatic heterocycles. The van der Waals surface area contributed by atoms with E-state index in [1.54, 1.807) is 18.4 Å². The summed E-state index contributed by atoms with van der Waals surface area (Å²) in [6.45, 7) is 5.26. The third-order valence-corrected chi connectivity index (χ3v) is 7.06. The van der Waals surface area contributed by atoms with Crippen molar-refractivity contribution >= 4 is 43.4 Å². The third-order valence-electron chi connectivity index (χ3n) is 5.98. The van der Waals surface area contributed by atoms with E-state index in [4.69, 9.17) is 9.72 Å². The van der Waals surface area contributed by atoms with Crippen molar-refractivity contribution < 1.29 is 9.53 Å². The van der Waals surface area contributed by atoms with Gasteiger partial charge in [0.2, 0.25) is 0 Å². The Morgan fingerprint density at radius 1 is 1.03 bits per heavy atom. The number of para-hydroxylation sites is 1.